The van der Waals surface area contributed by atoms with Crippen LogP contribution in [0, 0.1) is 5.92 Å². The predicted molar refractivity (Wildman–Crippen MR) is 86.0 cm³/mol. The van der Waals surface area contributed by atoms with E-state index in [9.17, 15) is 4.79 Å². The summed E-state index contributed by atoms with van der Waals surface area (Å²) < 4.78 is 1.20. The lowest BCUT2D eigenvalue weighted by molar-refractivity contribution is -0.125. The Labute approximate surface area is 128 Å². The van der Waals surface area contributed by atoms with E-state index in [4.69, 9.17) is 0 Å². The molecule has 1 saturated heterocycles. The number of piperidine rings is 1. The van der Waals surface area contributed by atoms with Crippen LogP contribution in [-0.2, 0) is 4.79 Å². The lowest BCUT2D eigenvalue weighted by Crippen LogP contribution is -2.42. The van der Waals surface area contributed by atoms with Crippen LogP contribution in [0.25, 0.3) is 0 Å². The highest BCUT2D eigenvalue weighted by atomic mass is 127. The molecule has 19 heavy (non-hydrogen) atoms. The monoisotopic (exact) mass is 375 g/mol. The van der Waals surface area contributed by atoms with Gasteiger partial charge < -0.3 is 10.6 Å². The number of likely N-dealkylation sites (tertiary alicyclic amines) is 1. The first-order chi connectivity index (χ1) is 9.10. The number of hydrogen-bond donors (Lipinski definition) is 2. The molecule has 0 saturated carbocycles. The van der Waals surface area contributed by atoms with E-state index < -0.39 is 0 Å². The zero-order valence-electron chi connectivity index (χ0n) is 11.6. The summed E-state index contributed by atoms with van der Waals surface area (Å²) in [5.74, 6) is 0.405. The fourth-order valence-corrected chi connectivity index (χ4v) is 3.32. The highest BCUT2D eigenvalue weighted by molar-refractivity contribution is 14.1. The van der Waals surface area contributed by atoms with E-state index in [1.54, 1.807) is 7.05 Å². The zero-order chi connectivity index (χ0) is 13.8. The number of carbonyl (C=O) groups excluding carboxylic acids is 1. The topological polar surface area (TPSA) is 44.4 Å². The summed E-state index contributed by atoms with van der Waals surface area (Å²) in [6, 6.07) is 0.411. The molecule has 106 valence electrons. The Morgan fingerprint density at radius 1 is 1.47 bits per heavy atom. The molecule has 2 heterocycles. The van der Waals surface area contributed by atoms with Gasteiger partial charge in [-0.05, 0) is 67.1 Å². The molecule has 0 aromatic heterocycles. The average molecular weight is 375 g/mol. The van der Waals surface area contributed by atoms with E-state index >= 15 is 0 Å². The first kappa shape index (κ1) is 14.8. The molecule has 1 atom stereocenters. The van der Waals surface area contributed by atoms with Crippen molar-refractivity contribution < 1.29 is 4.79 Å². The molecular formula is C14H22IN3O. The molecule has 2 rings (SSSR count). The van der Waals surface area contributed by atoms with Crippen molar-refractivity contribution in [1.82, 2.24) is 15.5 Å². The van der Waals surface area contributed by atoms with Gasteiger partial charge in [0.15, 0.2) is 0 Å². The number of amides is 1. The van der Waals surface area contributed by atoms with E-state index in [0.717, 1.165) is 32.5 Å². The lowest BCUT2D eigenvalue weighted by atomic mass is 9.95. The maximum Gasteiger partial charge on any atom is 0.222 e. The number of rotatable bonds is 3. The number of nitrogens with one attached hydrogen (secondary N) is 2. The van der Waals surface area contributed by atoms with Crippen molar-refractivity contribution in [3.63, 3.8) is 0 Å². The molecular weight excluding hydrogens is 353 g/mol. The largest absolute Gasteiger partial charge is 0.374 e. The van der Waals surface area contributed by atoms with Crippen LogP contribution in [0.3, 0.4) is 0 Å². The molecule has 4 nitrogen and oxygen atoms in total. The predicted octanol–water partition coefficient (Wildman–Crippen LogP) is 1.64. The molecule has 1 amide bonds. The Hall–Kier alpha value is -0.560. The van der Waals surface area contributed by atoms with Crippen LogP contribution in [0.4, 0.5) is 0 Å². The fourth-order valence-electron chi connectivity index (χ4n) is 2.68. The third-order valence-corrected chi connectivity index (χ3v) is 4.64. The summed E-state index contributed by atoms with van der Waals surface area (Å²) in [5, 5.41) is 6.20. The highest BCUT2D eigenvalue weighted by Crippen LogP contribution is 2.21. The summed E-state index contributed by atoms with van der Waals surface area (Å²) >= 11 is 2.31. The van der Waals surface area contributed by atoms with E-state index in [1.165, 1.54) is 9.28 Å². The highest BCUT2D eigenvalue weighted by Gasteiger charge is 2.25. The smallest absolute Gasteiger partial charge is 0.222 e. The minimum absolute atomic E-state index is 0.198. The van der Waals surface area contributed by atoms with Crippen molar-refractivity contribution in [3.05, 3.63) is 21.4 Å². The number of hydrogen-bond acceptors (Lipinski definition) is 3. The van der Waals surface area contributed by atoms with Crippen LogP contribution >= 0.6 is 22.6 Å². The summed E-state index contributed by atoms with van der Waals surface area (Å²) in [5.41, 5.74) is 1.43. The van der Waals surface area contributed by atoms with E-state index in [1.807, 2.05) is 0 Å². The standard InChI is InChI=1S/C14H22IN3O/c1-10-12(3-4-13(15)17-10)9-18-7-5-11(6-8-18)14(19)16-2/h3-4,10-11,17H,5-9H2,1-2H3,(H,16,19). The van der Waals surface area contributed by atoms with Crippen molar-refractivity contribution in [1.29, 1.82) is 0 Å². The van der Waals surface area contributed by atoms with Crippen molar-refractivity contribution in [2.75, 3.05) is 26.7 Å². The quantitative estimate of drug-likeness (QED) is 0.583. The van der Waals surface area contributed by atoms with Crippen LogP contribution in [0.1, 0.15) is 19.8 Å². The summed E-state index contributed by atoms with van der Waals surface area (Å²) in [6.07, 6.45) is 6.31. The minimum atomic E-state index is 0.198. The van der Waals surface area contributed by atoms with Gasteiger partial charge in [-0.15, -0.1) is 0 Å². The second kappa shape index (κ2) is 6.74. The average Bonchev–Trinajstić information content (AvgIpc) is 2.42. The maximum absolute atomic E-state index is 11.6. The van der Waals surface area contributed by atoms with Gasteiger partial charge in [-0.1, -0.05) is 6.08 Å². The van der Waals surface area contributed by atoms with E-state index in [-0.39, 0.29) is 11.8 Å². The van der Waals surface area contributed by atoms with Crippen LogP contribution in [0.5, 0.6) is 0 Å². The first-order valence-corrected chi connectivity index (χ1v) is 7.94. The van der Waals surface area contributed by atoms with Crippen molar-refractivity contribution in [2.45, 2.75) is 25.8 Å². The van der Waals surface area contributed by atoms with Gasteiger partial charge in [0.2, 0.25) is 5.91 Å². The second-order valence-electron chi connectivity index (χ2n) is 5.29. The number of halogens is 1. The lowest BCUT2D eigenvalue weighted by Gasteiger charge is -2.33. The summed E-state index contributed by atoms with van der Waals surface area (Å²) in [4.78, 5) is 14.0. The molecule has 5 heteroatoms. The molecule has 1 unspecified atom stereocenters. The molecule has 1 fully saturated rings. The molecule has 0 aromatic rings. The summed E-state index contributed by atoms with van der Waals surface area (Å²) in [7, 11) is 1.73. The third-order valence-electron chi connectivity index (χ3n) is 3.97. The fraction of sp³-hybridized carbons (Fsp3) is 0.643. The van der Waals surface area contributed by atoms with Gasteiger partial charge in [0, 0.05) is 25.6 Å². The maximum atomic E-state index is 11.6. The van der Waals surface area contributed by atoms with Gasteiger partial charge in [-0.25, -0.2) is 0 Å². The first-order valence-electron chi connectivity index (χ1n) is 6.87. The number of carbonyl (C=O) groups is 1. The Kier molecular flexibility index (Phi) is 5.27. The normalized spacial score (nSPS) is 25.3. The molecule has 0 spiro atoms. The SMILES string of the molecule is CNC(=O)C1CCN(CC2=CC=C(I)NC2C)CC1. The van der Waals surface area contributed by atoms with Gasteiger partial charge in [0.25, 0.3) is 0 Å². The van der Waals surface area contributed by atoms with Crippen LogP contribution in [0.15, 0.2) is 21.4 Å². The van der Waals surface area contributed by atoms with Gasteiger partial charge in [0.1, 0.15) is 0 Å². The van der Waals surface area contributed by atoms with Gasteiger partial charge in [-0.2, -0.15) is 0 Å². The van der Waals surface area contributed by atoms with Crippen molar-refractivity contribution in [3.8, 4) is 0 Å². The third kappa shape index (κ3) is 3.95. The number of nitrogens with zero attached hydrogens (tertiary/aromatic N) is 1. The van der Waals surface area contributed by atoms with Crippen molar-refractivity contribution >= 4 is 28.5 Å². The van der Waals surface area contributed by atoms with Gasteiger partial charge in [0.05, 0.1) is 3.70 Å². The molecule has 2 N–H and O–H groups in total. The Morgan fingerprint density at radius 2 is 2.16 bits per heavy atom. The van der Waals surface area contributed by atoms with Gasteiger partial charge >= 0.3 is 0 Å². The van der Waals surface area contributed by atoms with Crippen LogP contribution in [0.2, 0.25) is 0 Å². The Morgan fingerprint density at radius 3 is 2.74 bits per heavy atom. The van der Waals surface area contributed by atoms with Crippen LogP contribution < -0.4 is 10.6 Å². The Balaban J connectivity index is 1.84. The molecule has 2 aliphatic heterocycles. The second-order valence-corrected chi connectivity index (χ2v) is 6.45. The molecule has 2 aliphatic rings. The zero-order valence-corrected chi connectivity index (χ0v) is 13.7. The minimum Gasteiger partial charge on any atom is -0.374 e. The molecule has 0 aromatic carbocycles. The number of dihydropyridines is 1. The van der Waals surface area contributed by atoms with Crippen molar-refractivity contribution in [2.24, 2.45) is 5.92 Å². The Bertz CT molecular complexity index is 397. The van der Waals surface area contributed by atoms with Gasteiger partial charge in [-0.3, -0.25) is 9.69 Å². The van der Waals surface area contributed by atoms with E-state index in [0.29, 0.717) is 6.04 Å². The molecule has 0 radical (unpaired) electrons. The number of allylic oxidation sites excluding steroid dienone is 2. The summed E-state index contributed by atoms with van der Waals surface area (Å²) in [6.45, 7) is 5.25. The van der Waals surface area contributed by atoms with Crippen LogP contribution in [-0.4, -0.2) is 43.5 Å². The molecule has 0 bridgehead atoms. The van der Waals surface area contributed by atoms with E-state index in [2.05, 4.69) is 57.2 Å². The molecule has 0 aliphatic carbocycles.